The van der Waals surface area contributed by atoms with Crippen molar-refractivity contribution in [3.05, 3.63) is 36.0 Å². The highest BCUT2D eigenvalue weighted by atomic mass is 16.5. The summed E-state index contributed by atoms with van der Waals surface area (Å²) < 4.78 is 6.34. The number of amides is 3. The molecule has 0 saturated carbocycles. The predicted octanol–water partition coefficient (Wildman–Crippen LogP) is 3.57. The Hall–Kier alpha value is -2.87. The van der Waals surface area contributed by atoms with Crippen molar-refractivity contribution in [2.75, 3.05) is 14.1 Å². The van der Waals surface area contributed by atoms with Gasteiger partial charge in [-0.15, -0.1) is 0 Å². The third kappa shape index (κ3) is 8.88. The highest BCUT2D eigenvalue weighted by Crippen LogP contribution is 2.22. The first-order valence-corrected chi connectivity index (χ1v) is 13.4. The lowest BCUT2D eigenvalue weighted by molar-refractivity contribution is -0.137. The Morgan fingerprint density at radius 3 is 2.24 bits per heavy atom. The third-order valence-electron chi connectivity index (χ3n) is 6.67. The number of rotatable bonds is 9. The Kier molecular flexibility index (Phi) is 11.6. The first-order chi connectivity index (χ1) is 17.4. The molecule has 0 saturated heterocycles. The van der Waals surface area contributed by atoms with Crippen LogP contribution < -0.4 is 20.7 Å². The smallest absolute Gasteiger partial charge is 0.247 e. The number of fused-ring (bicyclic) bond motifs is 10. The number of ether oxygens (including phenoxy) is 1. The van der Waals surface area contributed by atoms with Crippen molar-refractivity contribution < 1.29 is 19.1 Å². The Morgan fingerprint density at radius 1 is 1.05 bits per heavy atom. The second-order valence-corrected chi connectivity index (χ2v) is 11.1. The van der Waals surface area contributed by atoms with E-state index in [4.69, 9.17) is 4.74 Å². The van der Waals surface area contributed by atoms with Crippen molar-refractivity contribution in [2.24, 2.45) is 17.8 Å². The monoisotopic (exact) mass is 514 g/mol. The zero-order valence-electron chi connectivity index (χ0n) is 23.7. The van der Waals surface area contributed by atoms with Gasteiger partial charge in [-0.25, -0.2) is 0 Å². The summed E-state index contributed by atoms with van der Waals surface area (Å²) in [5, 5.41) is 8.72. The van der Waals surface area contributed by atoms with Gasteiger partial charge in [-0.05, 0) is 68.5 Å². The summed E-state index contributed by atoms with van der Waals surface area (Å²) in [6.45, 7) is 12.1. The van der Waals surface area contributed by atoms with Crippen molar-refractivity contribution in [1.29, 1.82) is 0 Å². The maximum absolute atomic E-state index is 13.8. The van der Waals surface area contributed by atoms with Gasteiger partial charge in [0.15, 0.2) is 0 Å². The Bertz CT molecular complexity index is 926. The number of benzene rings is 1. The summed E-state index contributed by atoms with van der Waals surface area (Å²) in [4.78, 5) is 42.3. The minimum Gasteiger partial charge on any atom is -0.487 e. The van der Waals surface area contributed by atoms with E-state index in [1.54, 1.807) is 12.3 Å². The largest absolute Gasteiger partial charge is 0.487 e. The molecule has 5 atom stereocenters. The van der Waals surface area contributed by atoms with Crippen LogP contribution >= 0.6 is 0 Å². The number of likely N-dealkylation sites (N-methyl/N-ethyl adjacent to an activating group) is 1. The fourth-order valence-electron chi connectivity index (χ4n) is 4.84. The van der Waals surface area contributed by atoms with Crippen LogP contribution in [0.3, 0.4) is 0 Å². The molecule has 8 nitrogen and oxygen atoms in total. The topological polar surface area (TPSA) is 99.8 Å². The van der Waals surface area contributed by atoms with Gasteiger partial charge in [0.25, 0.3) is 0 Å². The third-order valence-corrected chi connectivity index (χ3v) is 6.67. The Labute approximate surface area is 222 Å². The zero-order chi connectivity index (χ0) is 27.7. The van der Waals surface area contributed by atoms with Crippen molar-refractivity contribution in [3.63, 3.8) is 0 Å². The summed E-state index contributed by atoms with van der Waals surface area (Å²) >= 11 is 0. The molecule has 206 valence electrons. The van der Waals surface area contributed by atoms with Gasteiger partial charge in [0.2, 0.25) is 17.7 Å². The van der Waals surface area contributed by atoms with Crippen LogP contribution in [-0.4, -0.2) is 60.9 Å². The lowest BCUT2D eigenvalue weighted by Gasteiger charge is -2.35. The van der Waals surface area contributed by atoms with Gasteiger partial charge >= 0.3 is 0 Å². The molecule has 0 fully saturated rings. The minimum atomic E-state index is -0.996. The number of carbonyl (C=O) groups excluding carboxylic acids is 3. The summed E-state index contributed by atoms with van der Waals surface area (Å²) in [7, 11) is 3.75. The molecule has 0 spiro atoms. The van der Waals surface area contributed by atoms with E-state index in [1.807, 2.05) is 71.0 Å². The molecule has 2 heterocycles. The number of hydrogen-bond acceptors (Lipinski definition) is 5. The number of carbonyl (C=O) groups is 3. The van der Waals surface area contributed by atoms with E-state index < -0.39 is 30.1 Å². The molecule has 8 heteroatoms. The van der Waals surface area contributed by atoms with E-state index in [-0.39, 0.29) is 29.6 Å². The molecule has 37 heavy (non-hydrogen) atoms. The predicted molar refractivity (Wildman–Crippen MR) is 148 cm³/mol. The van der Waals surface area contributed by atoms with Crippen LogP contribution in [0.25, 0.3) is 6.08 Å². The van der Waals surface area contributed by atoms with E-state index in [1.165, 1.54) is 0 Å². The van der Waals surface area contributed by atoms with Crippen LogP contribution in [0.1, 0.15) is 66.4 Å². The molecule has 0 radical (unpaired) electrons. The maximum Gasteiger partial charge on any atom is 0.247 e. The van der Waals surface area contributed by atoms with Gasteiger partial charge in [0.1, 0.15) is 23.9 Å². The highest BCUT2D eigenvalue weighted by Gasteiger charge is 2.38. The lowest BCUT2D eigenvalue weighted by Crippen LogP contribution is -2.62. The van der Waals surface area contributed by atoms with Crippen molar-refractivity contribution in [2.45, 2.75) is 85.0 Å². The van der Waals surface area contributed by atoms with Crippen LogP contribution in [0.2, 0.25) is 0 Å². The normalized spacial score (nSPS) is 22.3. The zero-order valence-corrected chi connectivity index (χ0v) is 23.7. The second kappa shape index (κ2) is 14.2. The molecule has 0 aliphatic carbocycles. The average molecular weight is 515 g/mol. The molecule has 3 N–H and O–H groups in total. The second-order valence-electron chi connectivity index (χ2n) is 11.1. The van der Waals surface area contributed by atoms with Crippen molar-refractivity contribution in [3.8, 4) is 5.75 Å². The molecule has 2 aliphatic rings. The first-order valence-electron chi connectivity index (χ1n) is 13.4. The van der Waals surface area contributed by atoms with Gasteiger partial charge < -0.3 is 20.7 Å². The van der Waals surface area contributed by atoms with E-state index >= 15 is 0 Å². The molecule has 1 aromatic rings. The number of hydrogen-bond donors (Lipinski definition) is 3. The lowest BCUT2D eigenvalue weighted by atomic mass is 9.93. The van der Waals surface area contributed by atoms with Crippen LogP contribution in [0.15, 0.2) is 30.5 Å². The highest BCUT2D eigenvalue weighted by molar-refractivity contribution is 5.94. The van der Waals surface area contributed by atoms with E-state index in [9.17, 15) is 14.4 Å². The van der Waals surface area contributed by atoms with Crippen LogP contribution in [0.4, 0.5) is 0 Å². The summed E-state index contributed by atoms with van der Waals surface area (Å²) in [5.74, 6) is -0.210. The number of nitrogens with one attached hydrogen (secondary N) is 3. The van der Waals surface area contributed by atoms with Crippen LogP contribution in [0.5, 0.6) is 5.75 Å². The summed E-state index contributed by atoms with van der Waals surface area (Å²) in [6, 6.07) is 5.26. The van der Waals surface area contributed by atoms with E-state index in [0.29, 0.717) is 12.2 Å². The van der Waals surface area contributed by atoms with E-state index in [2.05, 4.69) is 29.8 Å². The molecule has 1 aromatic carbocycles. The average Bonchev–Trinajstić information content (AvgIpc) is 2.80. The molecule has 2 aliphatic heterocycles. The summed E-state index contributed by atoms with van der Waals surface area (Å²) in [5.41, 5.74) is 0.902. The maximum atomic E-state index is 13.8. The SMILES string of the molecule is CCC[C@H](C)[C@@H](C(=O)N[C@H]1C(=O)N[C@H](CC(C)C)C(=O)NC=Cc2ccc(cc2)O[C@H]1C(C)C)N(C)C. The molecular weight excluding hydrogens is 468 g/mol. The molecule has 3 amide bonds. The molecule has 0 unspecified atom stereocenters. The molecule has 3 rings (SSSR count). The van der Waals surface area contributed by atoms with Gasteiger partial charge in [-0.2, -0.15) is 0 Å². The van der Waals surface area contributed by atoms with E-state index in [0.717, 1.165) is 18.4 Å². The van der Waals surface area contributed by atoms with Gasteiger partial charge in [-0.3, -0.25) is 19.3 Å². The van der Waals surface area contributed by atoms with Crippen LogP contribution in [0, 0.1) is 17.8 Å². The first kappa shape index (κ1) is 30.4. The fraction of sp³-hybridized carbons (Fsp3) is 0.621. The molecule has 2 bridgehead atoms. The quantitative estimate of drug-likeness (QED) is 0.468. The minimum absolute atomic E-state index is 0.0961. The molecular formula is C29H46N4O4. The van der Waals surface area contributed by atoms with Crippen molar-refractivity contribution >= 4 is 23.8 Å². The van der Waals surface area contributed by atoms with Crippen LogP contribution in [-0.2, 0) is 14.4 Å². The van der Waals surface area contributed by atoms with Gasteiger partial charge in [0.05, 0.1) is 6.04 Å². The van der Waals surface area contributed by atoms with Gasteiger partial charge in [0, 0.05) is 6.20 Å². The molecule has 0 aromatic heterocycles. The Morgan fingerprint density at radius 2 is 1.70 bits per heavy atom. The standard InChI is InChI=1S/C29H46N4O4/c1-9-10-20(6)25(33(7)8)29(36)32-24-26(19(4)5)37-22-13-11-21(12-14-22)15-16-30-27(34)23(17-18(2)3)31-28(24)35/h11-16,18-20,23-26H,9-10,17H2,1-8H3,(H,30,34)(H,31,35)(H,32,36)/t20-,23+,24+,25-,26-/m0/s1. The summed E-state index contributed by atoms with van der Waals surface area (Å²) in [6.07, 6.45) is 5.02. The number of nitrogens with zero attached hydrogens (tertiary/aromatic N) is 1. The van der Waals surface area contributed by atoms with Crippen molar-refractivity contribution in [1.82, 2.24) is 20.9 Å². The Balaban J connectivity index is 2.51. The fourth-order valence-corrected chi connectivity index (χ4v) is 4.84. The van der Waals surface area contributed by atoms with Gasteiger partial charge in [-0.1, -0.05) is 60.1 Å².